The van der Waals surface area contributed by atoms with Crippen LogP contribution in [0.5, 0.6) is 0 Å². The molecule has 0 spiro atoms. The monoisotopic (exact) mass is 272 g/mol. The van der Waals surface area contributed by atoms with Crippen LogP contribution in [0.15, 0.2) is 40.2 Å². The summed E-state index contributed by atoms with van der Waals surface area (Å²) >= 11 is 0. The van der Waals surface area contributed by atoms with E-state index in [0.717, 1.165) is 4.57 Å². The minimum Gasteiger partial charge on any atom is -0.265 e. The van der Waals surface area contributed by atoms with Crippen LogP contribution in [0, 0.1) is 0 Å². The molecule has 0 radical (unpaired) electrons. The Morgan fingerprint density at radius 1 is 0.950 bits per heavy atom. The molecule has 0 fully saturated rings. The number of aromatic nitrogens is 5. The molecule has 0 aliphatic heterocycles. The van der Waals surface area contributed by atoms with Crippen LogP contribution in [0.25, 0.3) is 17.1 Å². The summed E-state index contributed by atoms with van der Waals surface area (Å²) < 4.78 is 5.95. The van der Waals surface area contributed by atoms with E-state index in [1.807, 2.05) is 30.6 Å². The van der Waals surface area contributed by atoms with E-state index < -0.39 is 0 Å². The van der Waals surface area contributed by atoms with Gasteiger partial charge in [-0.25, -0.2) is 13.9 Å². The summed E-state index contributed by atoms with van der Waals surface area (Å²) in [6.07, 6.45) is 3.67. The first-order valence-corrected chi connectivity index (χ1v) is 6.11. The van der Waals surface area contributed by atoms with E-state index in [4.69, 9.17) is 0 Å². The zero-order valence-electron chi connectivity index (χ0n) is 11.4. The number of pyridine rings is 1. The first-order valence-electron chi connectivity index (χ1n) is 6.11. The number of nitrogens with zero attached hydrogens (tertiary/aromatic N) is 5. The van der Waals surface area contributed by atoms with E-state index in [9.17, 15) is 9.59 Å². The van der Waals surface area contributed by atoms with Crippen molar-refractivity contribution in [2.24, 2.45) is 21.1 Å². The largest absolute Gasteiger partial charge is 0.405 e. The topological polar surface area (TPSA) is 65.7 Å². The minimum absolute atomic E-state index is 0.346. The number of rotatable bonds is 1. The molecule has 102 valence electrons. The summed E-state index contributed by atoms with van der Waals surface area (Å²) in [5, 5.41) is 0. The fourth-order valence-corrected chi connectivity index (χ4v) is 2.27. The minimum atomic E-state index is -0.384. The van der Waals surface area contributed by atoms with E-state index in [0.29, 0.717) is 17.1 Å². The van der Waals surface area contributed by atoms with Crippen LogP contribution < -0.4 is 15.8 Å². The van der Waals surface area contributed by atoms with Gasteiger partial charge in [0.15, 0.2) is 0 Å². The van der Waals surface area contributed by atoms with Gasteiger partial charge < -0.3 is 0 Å². The molecule has 20 heavy (non-hydrogen) atoms. The average Bonchev–Trinajstić information content (AvgIpc) is 2.81. The smallest absolute Gasteiger partial charge is 0.265 e. The summed E-state index contributed by atoms with van der Waals surface area (Å²) in [6.45, 7) is 0. The fourth-order valence-electron chi connectivity index (χ4n) is 2.27. The van der Waals surface area contributed by atoms with Gasteiger partial charge in [0.1, 0.15) is 0 Å². The quantitative estimate of drug-likeness (QED) is 0.547. The van der Waals surface area contributed by atoms with E-state index in [2.05, 4.69) is 4.98 Å². The van der Waals surface area contributed by atoms with E-state index in [-0.39, 0.29) is 11.2 Å². The highest BCUT2D eigenvalue weighted by atomic mass is 16.2. The first kappa shape index (κ1) is 12.3. The molecule has 0 amide bonds. The van der Waals surface area contributed by atoms with Crippen LogP contribution in [0.4, 0.5) is 0 Å². The zero-order valence-corrected chi connectivity index (χ0v) is 11.4. The molecular formula is C13H14N5O2+. The Bertz CT molecular complexity index is 918. The second-order valence-corrected chi connectivity index (χ2v) is 4.63. The van der Waals surface area contributed by atoms with E-state index in [1.54, 1.807) is 23.2 Å². The van der Waals surface area contributed by atoms with Gasteiger partial charge in [-0.05, 0) is 17.1 Å². The molecule has 7 nitrogen and oxygen atoms in total. The van der Waals surface area contributed by atoms with Gasteiger partial charge in [0, 0.05) is 14.1 Å². The second-order valence-electron chi connectivity index (χ2n) is 4.63. The lowest BCUT2D eigenvalue weighted by molar-refractivity contribution is -0.605. The van der Waals surface area contributed by atoms with Gasteiger partial charge in [0.25, 0.3) is 11.2 Å². The maximum atomic E-state index is 12.2. The van der Waals surface area contributed by atoms with Gasteiger partial charge in [-0.15, -0.1) is 0 Å². The molecule has 0 aromatic carbocycles. The third-order valence-corrected chi connectivity index (χ3v) is 3.40. The van der Waals surface area contributed by atoms with Gasteiger partial charge in [-0.3, -0.25) is 13.9 Å². The van der Waals surface area contributed by atoms with E-state index >= 15 is 0 Å². The Hall–Kier alpha value is -2.70. The Kier molecular flexibility index (Phi) is 2.56. The Morgan fingerprint density at radius 2 is 1.60 bits per heavy atom. The molecule has 3 rings (SSSR count). The van der Waals surface area contributed by atoms with Gasteiger partial charge in [0.05, 0.1) is 19.4 Å². The molecule has 3 aromatic rings. The van der Waals surface area contributed by atoms with Gasteiger partial charge in [0.2, 0.25) is 5.52 Å². The summed E-state index contributed by atoms with van der Waals surface area (Å²) in [5.74, 6) is 0.582. The summed E-state index contributed by atoms with van der Waals surface area (Å²) in [7, 11) is 4.83. The number of hydrogen-bond acceptors (Lipinski definition) is 3. The summed E-state index contributed by atoms with van der Waals surface area (Å²) in [4.78, 5) is 28.6. The molecule has 3 heterocycles. The van der Waals surface area contributed by atoms with E-state index in [1.165, 1.54) is 11.6 Å². The maximum Gasteiger partial charge on any atom is 0.405 e. The molecular weight excluding hydrogens is 258 g/mol. The molecule has 7 heteroatoms. The lowest BCUT2D eigenvalue weighted by atomic mass is 10.5. The van der Waals surface area contributed by atoms with Crippen molar-refractivity contribution in [3.8, 4) is 5.95 Å². The van der Waals surface area contributed by atoms with Crippen LogP contribution in [0.1, 0.15) is 0 Å². The van der Waals surface area contributed by atoms with Crippen LogP contribution in [-0.2, 0) is 21.1 Å². The average molecular weight is 272 g/mol. The third-order valence-electron chi connectivity index (χ3n) is 3.40. The first-order chi connectivity index (χ1) is 9.52. The molecule has 0 saturated carbocycles. The van der Waals surface area contributed by atoms with Crippen molar-refractivity contribution in [2.45, 2.75) is 0 Å². The highest BCUT2D eigenvalue weighted by molar-refractivity contribution is 5.71. The van der Waals surface area contributed by atoms with Crippen molar-refractivity contribution in [3.05, 3.63) is 51.4 Å². The van der Waals surface area contributed by atoms with Crippen LogP contribution in [0.3, 0.4) is 0 Å². The molecule has 0 N–H and O–H groups in total. The van der Waals surface area contributed by atoms with Crippen LogP contribution in [-0.4, -0.2) is 18.7 Å². The lowest BCUT2D eigenvalue weighted by Crippen LogP contribution is -2.37. The van der Waals surface area contributed by atoms with Crippen molar-refractivity contribution >= 4 is 11.2 Å². The molecule has 0 bridgehead atoms. The molecule has 0 aliphatic rings. The number of aryl methyl sites for hydroxylation is 2. The predicted molar refractivity (Wildman–Crippen MR) is 72.7 cm³/mol. The molecule has 0 saturated heterocycles. The second kappa shape index (κ2) is 4.16. The molecule has 0 aliphatic carbocycles. The predicted octanol–water partition coefficient (Wildman–Crippen LogP) is -0.753. The van der Waals surface area contributed by atoms with Gasteiger partial charge >= 0.3 is 11.6 Å². The Balaban J connectivity index is 2.49. The molecule has 0 atom stereocenters. The Labute approximate surface area is 114 Å². The maximum absolute atomic E-state index is 12.2. The standard InChI is InChI=1S/C13H14N5O2/c1-15-9-10(16(2)13(20)17(3)11(9)19)14-12(15)18-7-5-4-6-8-18/h4-8H,1-3H3/q+1. The summed E-state index contributed by atoms with van der Waals surface area (Å²) in [6, 6.07) is 5.64. The summed E-state index contributed by atoms with van der Waals surface area (Å²) in [5.41, 5.74) is 0.0546. The van der Waals surface area contributed by atoms with Crippen molar-refractivity contribution in [2.75, 3.05) is 0 Å². The fraction of sp³-hybridized carbons (Fsp3) is 0.231. The van der Waals surface area contributed by atoms with Crippen molar-refractivity contribution in [1.82, 2.24) is 18.7 Å². The number of imidazole rings is 1. The molecule has 0 unspecified atom stereocenters. The normalized spacial score (nSPS) is 11.2. The highest BCUT2D eigenvalue weighted by Gasteiger charge is 2.24. The molecule has 3 aromatic heterocycles. The lowest BCUT2D eigenvalue weighted by Gasteiger charge is -1.99. The third kappa shape index (κ3) is 1.52. The zero-order chi connectivity index (χ0) is 14.4. The Morgan fingerprint density at radius 3 is 2.25 bits per heavy atom. The SMILES string of the molecule is Cn1c(=O)c2c(nc(-[n+]3ccccc3)n2C)n(C)c1=O. The van der Waals surface area contributed by atoms with Crippen LogP contribution in [0.2, 0.25) is 0 Å². The van der Waals surface area contributed by atoms with Gasteiger partial charge in [-0.2, -0.15) is 0 Å². The number of fused-ring (bicyclic) bond motifs is 1. The van der Waals surface area contributed by atoms with Gasteiger partial charge in [-0.1, -0.05) is 6.07 Å². The van der Waals surface area contributed by atoms with Crippen LogP contribution >= 0.6 is 0 Å². The van der Waals surface area contributed by atoms with Crippen molar-refractivity contribution in [3.63, 3.8) is 0 Å². The van der Waals surface area contributed by atoms with Crippen molar-refractivity contribution in [1.29, 1.82) is 0 Å². The number of hydrogen-bond donors (Lipinski definition) is 0. The van der Waals surface area contributed by atoms with Crippen molar-refractivity contribution < 1.29 is 4.57 Å². The highest BCUT2D eigenvalue weighted by Crippen LogP contribution is 2.08.